The molecule has 0 aromatic heterocycles. The highest BCUT2D eigenvalue weighted by Crippen LogP contribution is 2.36. The molecule has 1 saturated carbocycles. The normalized spacial score (nSPS) is 14.6. The van der Waals surface area contributed by atoms with E-state index in [9.17, 15) is 9.90 Å². The van der Waals surface area contributed by atoms with Gasteiger partial charge in [-0.1, -0.05) is 13.0 Å². The predicted octanol–water partition coefficient (Wildman–Crippen LogP) is 3.49. The van der Waals surface area contributed by atoms with E-state index in [2.05, 4.69) is 11.8 Å². The molecule has 0 bridgehead atoms. The van der Waals surface area contributed by atoms with Gasteiger partial charge >= 0.3 is 5.97 Å². The van der Waals surface area contributed by atoms with Crippen molar-refractivity contribution in [3.8, 4) is 0 Å². The molecule has 0 heterocycles. The summed E-state index contributed by atoms with van der Waals surface area (Å²) in [4.78, 5) is 14.6. The van der Waals surface area contributed by atoms with Gasteiger partial charge in [0.2, 0.25) is 0 Å². The zero-order valence-electron chi connectivity index (χ0n) is 10.8. The molecule has 3 nitrogen and oxygen atoms in total. The predicted molar refractivity (Wildman–Crippen MR) is 75.8 cm³/mol. The quantitative estimate of drug-likeness (QED) is 0.799. The fourth-order valence-electron chi connectivity index (χ4n) is 2.26. The molecule has 0 atom stereocenters. The molecule has 1 N–H and O–H groups in total. The Morgan fingerprint density at radius 1 is 1.44 bits per heavy atom. The zero-order chi connectivity index (χ0) is 13.1. The smallest absolute Gasteiger partial charge is 0.338 e. The zero-order valence-corrected chi connectivity index (χ0v) is 11.7. The number of thioether (sulfide) groups is 1. The third-order valence-electron chi connectivity index (χ3n) is 3.16. The van der Waals surface area contributed by atoms with Crippen molar-refractivity contribution >= 4 is 23.4 Å². The van der Waals surface area contributed by atoms with Crippen LogP contribution in [0.3, 0.4) is 0 Å². The van der Waals surface area contributed by atoms with Crippen molar-refractivity contribution in [2.45, 2.75) is 37.6 Å². The van der Waals surface area contributed by atoms with E-state index in [1.807, 2.05) is 25.1 Å². The van der Waals surface area contributed by atoms with Crippen molar-refractivity contribution in [1.82, 2.24) is 0 Å². The van der Waals surface area contributed by atoms with Crippen LogP contribution in [0.25, 0.3) is 0 Å². The molecule has 0 saturated heterocycles. The molecule has 2 rings (SSSR count). The number of rotatable bonds is 6. The monoisotopic (exact) mass is 265 g/mol. The van der Waals surface area contributed by atoms with Gasteiger partial charge in [0, 0.05) is 17.5 Å². The fourth-order valence-corrected chi connectivity index (χ4v) is 3.08. The highest BCUT2D eigenvalue weighted by atomic mass is 32.2. The molecule has 0 unspecified atom stereocenters. The van der Waals surface area contributed by atoms with Gasteiger partial charge in [0.25, 0.3) is 0 Å². The summed E-state index contributed by atoms with van der Waals surface area (Å²) < 4.78 is 0. The van der Waals surface area contributed by atoms with Crippen molar-refractivity contribution in [3.05, 3.63) is 23.8 Å². The number of benzene rings is 1. The molecule has 1 fully saturated rings. The topological polar surface area (TPSA) is 40.5 Å². The molecule has 1 aromatic rings. The second-order valence-electron chi connectivity index (χ2n) is 4.41. The Morgan fingerprint density at radius 3 is 2.67 bits per heavy atom. The standard InChI is InChI=1S/C14H19NO2S/c1-3-15(10-8-9-10)11-6-5-7-12(18-4-2)13(11)14(16)17/h5-7,10H,3-4,8-9H2,1-2H3,(H,16,17). The molecule has 0 radical (unpaired) electrons. The van der Waals surface area contributed by atoms with Gasteiger partial charge in [0.05, 0.1) is 11.3 Å². The van der Waals surface area contributed by atoms with Crippen LogP contribution in [0.4, 0.5) is 5.69 Å². The van der Waals surface area contributed by atoms with E-state index in [4.69, 9.17) is 0 Å². The maximum Gasteiger partial charge on any atom is 0.338 e. The second-order valence-corrected chi connectivity index (χ2v) is 5.71. The van der Waals surface area contributed by atoms with Crippen molar-refractivity contribution < 1.29 is 9.90 Å². The molecular formula is C14H19NO2S. The average Bonchev–Trinajstić information content (AvgIpc) is 3.15. The van der Waals surface area contributed by atoms with Crippen LogP contribution < -0.4 is 4.90 Å². The van der Waals surface area contributed by atoms with Crippen LogP contribution in [0.5, 0.6) is 0 Å². The van der Waals surface area contributed by atoms with Gasteiger partial charge in [-0.25, -0.2) is 4.79 Å². The Bertz CT molecular complexity index is 443. The lowest BCUT2D eigenvalue weighted by Crippen LogP contribution is -2.27. The lowest BCUT2D eigenvalue weighted by molar-refractivity contribution is 0.0694. The first-order chi connectivity index (χ1) is 8.69. The Morgan fingerprint density at radius 2 is 2.17 bits per heavy atom. The highest BCUT2D eigenvalue weighted by molar-refractivity contribution is 7.99. The van der Waals surface area contributed by atoms with E-state index in [0.717, 1.165) is 22.9 Å². The van der Waals surface area contributed by atoms with E-state index in [1.54, 1.807) is 11.8 Å². The van der Waals surface area contributed by atoms with Crippen LogP contribution >= 0.6 is 11.8 Å². The summed E-state index contributed by atoms with van der Waals surface area (Å²) in [6.45, 7) is 5.00. The van der Waals surface area contributed by atoms with E-state index in [1.165, 1.54) is 12.8 Å². The number of carboxylic acid groups (broad SMARTS) is 1. The van der Waals surface area contributed by atoms with Crippen LogP contribution in [0, 0.1) is 0 Å². The lowest BCUT2D eigenvalue weighted by Gasteiger charge is -2.25. The Kier molecular flexibility index (Phi) is 4.17. The van der Waals surface area contributed by atoms with Crippen LogP contribution in [-0.4, -0.2) is 29.4 Å². The van der Waals surface area contributed by atoms with E-state index >= 15 is 0 Å². The van der Waals surface area contributed by atoms with Crippen molar-refractivity contribution in [2.75, 3.05) is 17.2 Å². The van der Waals surface area contributed by atoms with Crippen molar-refractivity contribution in [1.29, 1.82) is 0 Å². The molecular weight excluding hydrogens is 246 g/mol. The number of anilines is 1. The SMILES string of the molecule is CCSc1cccc(N(CC)C2CC2)c1C(=O)O. The maximum atomic E-state index is 11.5. The Labute approximate surface area is 112 Å². The summed E-state index contributed by atoms with van der Waals surface area (Å²) in [6.07, 6.45) is 2.36. The number of aromatic carboxylic acids is 1. The minimum Gasteiger partial charge on any atom is -0.478 e. The number of nitrogens with zero attached hydrogens (tertiary/aromatic N) is 1. The third-order valence-corrected chi connectivity index (χ3v) is 4.10. The molecule has 98 valence electrons. The van der Waals surface area contributed by atoms with Gasteiger partial charge in [-0.05, 0) is 37.7 Å². The highest BCUT2D eigenvalue weighted by Gasteiger charge is 2.31. The largest absolute Gasteiger partial charge is 0.478 e. The molecule has 18 heavy (non-hydrogen) atoms. The Balaban J connectivity index is 2.44. The second kappa shape index (κ2) is 5.65. The molecule has 1 aliphatic carbocycles. The first-order valence-electron chi connectivity index (χ1n) is 6.44. The summed E-state index contributed by atoms with van der Waals surface area (Å²) in [5.41, 5.74) is 1.35. The number of hydrogen-bond acceptors (Lipinski definition) is 3. The molecule has 1 aromatic carbocycles. The Hall–Kier alpha value is -1.16. The molecule has 1 aliphatic rings. The molecule has 0 aliphatic heterocycles. The van der Waals surface area contributed by atoms with Crippen LogP contribution in [0.15, 0.2) is 23.1 Å². The summed E-state index contributed by atoms with van der Waals surface area (Å²) in [6, 6.07) is 6.34. The first kappa shape index (κ1) is 13.3. The molecule has 0 amide bonds. The van der Waals surface area contributed by atoms with Crippen molar-refractivity contribution in [2.24, 2.45) is 0 Å². The summed E-state index contributed by atoms with van der Waals surface area (Å²) in [7, 11) is 0. The van der Waals surface area contributed by atoms with Gasteiger partial charge in [-0.15, -0.1) is 11.8 Å². The summed E-state index contributed by atoms with van der Waals surface area (Å²) in [5, 5.41) is 9.48. The van der Waals surface area contributed by atoms with Gasteiger partial charge in [0.1, 0.15) is 0 Å². The fraction of sp³-hybridized carbons (Fsp3) is 0.500. The van der Waals surface area contributed by atoms with Gasteiger partial charge < -0.3 is 10.0 Å². The van der Waals surface area contributed by atoms with Gasteiger partial charge in [-0.3, -0.25) is 0 Å². The van der Waals surface area contributed by atoms with E-state index in [0.29, 0.717) is 11.6 Å². The average molecular weight is 265 g/mol. The van der Waals surface area contributed by atoms with Crippen LogP contribution in [0.2, 0.25) is 0 Å². The van der Waals surface area contributed by atoms with Gasteiger partial charge in [0.15, 0.2) is 0 Å². The third kappa shape index (κ3) is 2.64. The van der Waals surface area contributed by atoms with Crippen molar-refractivity contribution in [3.63, 3.8) is 0 Å². The minimum atomic E-state index is -0.819. The van der Waals surface area contributed by atoms with Crippen LogP contribution in [0.1, 0.15) is 37.0 Å². The number of carbonyl (C=O) groups is 1. The molecule has 0 spiro atoms. The van der Waals surface area contributed by atoms with E-state index < -0.39 is 5.97 Å². The van der Waals surface area contributed by atoms with Crippen LogP contribution in [-0.2, 0) is 0 Å². The minimum absolute atomic E-state index is 0.470. The van der Waals surface area contributed by atoms with E-state index in [-0.39, 0.29) is 0 Å². The lowest BCUT2D eigenvalue weighted by atomic mass is 10.1. The summed E-state index contributed by atoms with van der Waals surface area (Å²) >= 11 is 1.60. The van der Waals surface area contributed by atoms with Gasteiger partial charge in [-0.2, -0.15) is 0 Å². The molecule has 4 heteroatoms. The first-order valence-corrected chi connectivity index (χ1v) is 7.43. The number of carboxylic acids is 1. The number of hydrogen-bond donors (Lipinski definition) is 1. The summed E-state index contributed by atoms with van der Waals surface area (Å²) in [5.74, 6) is 0.0693. The maximum absolute atomic E-state index is 11.5.